The molecule has 33 heavy (non-hydrogen) atoms. The van der Waals surface area contributed by atoms with E-state index in [1.807, 2.05) is 26.2 Å². The molecule has 8 nitrogen and oxygen atoms in total. The van der Waals surface area contributed by atoms with Gasteiger partial charge in [-0.1, -0.05) is 19.1 Å². The SMILES string of the molecule is CCc1nc(-c2ccc(-c3nc(Cc4ccc5[nH]ncc5c4C4CC4)n(C)n3)cc2F)n[nH]1. The zero-order valence-corrected chi connectivity index (χ0v) is 18.4. The molecule has 0 saturated heterocycles. The molecule has 3 aromatic heterocycles. The number of fused-ring (bicyclic) bond motifs is 1. The van der Waals surface area contributed by atoms with E-state index in [9.17, 15) is 4.39 Å². The van der Waals surface area contributed by atoms with E-state index in [4.69, 9.17) is 4.98 Å². The molecule has 2 aromatic carbocycles. The van der Waals surface area contributed by atoms with Gasteiger partial charge in [0, 0.05) is 30.8 Å². The van der Waals surface area contributed by atoms with Gasteiger partial charge in [-0.2, -0.15) is 15.3 Å². The van der Waals surface area contributed by atoms with Crippen LogP contribution in [-0.4, -0.2) is 40.1 Å². The van der Waals surface area contributed by atoms with Crippen LogP contribution in [0.3, 0.4) is 0 Å². The first-order valence-corrected chi connectivity index (χ1v) is 11.2. The molecule has 5 aromatic rings. The summed E-state index contributed by atoms with van der Waals surface area (Å²) in [5, 5.41) is 20.0. The number of aromatic nitrogens is 8. The maximum atomic E-state index is 14.9. The van der Waals surface area contributed by atoms with Gasteiger partial charge in [-0.3, -0.25) is 14.9 Å². The van der Waals surface area contributed by atoms with E-state index >= 15 is 0 Å². The fourth-order valence-electron chi connectivity index (χ4n) is 4.37. The van der Waals surface area contributed by atoms with E-state index in [2.05, 4.69) is 42.6 Å². The Morgan fingerprint density at radius 1 is 1.09 bits per heavy atom. The quantitative estimate of drug-likeness (QED) is 0.408. The standard InChI is InChI=1S/C24H23FN8/c1-3-20-27-24(31-30-20)16-8-6-15(10-18(16)25)23-28-21(33(2)32-23)11-14-7-9-19-17(12-26-29-19)22(14)13-4-5-13/h6-10,12-13H,3-5,11H2,1-2H3,(H,26,29)(H,27,30,31). The van der Waals surface area contributed by atoms with E-state index in [1.54, 1.807) is 10.7 Å². The van der Waals surface area contributed by atoms with E-state index in [0.717, 1.165) is 17.2 Å². The number of hydrogen-bond donors (Lipinski definition) is 2. The first-order chi connectivity index (χ1) is 16.1. The van der Waals surface area contributed by atoms with E-state index in [0.29, 0.717) is 41.5 Å². The van der Waals surface area contributed by atoms with Crippen molar-refractivity contribution in [2.24, 2.45) is 7.05 Å². The second-order valence-corrected chi connectivity index (χ2v) is 8.55. The summed E-state index contributed by atoms with van der Waals surface area (Å²) in [6.07, 6.45) is 5.70. The van der Waals surface area contributed by atoms with Crippen molar-refractivity contribution in [2.45, 2.75) is 38.5 Å². The highest BCUT2D eigenvalue weighted by Crippen LogP contribution is 2.45. The molecule has 0 spiro atoms. The van der Waals surface area contributed by atoms with E-state index < -0.39 is 5.82 Å². The summed E-state index contributed by atoms with van der Waals surface area (Å²) in [5.74, 6) is 2.60. The zero-order valence-electron chi connectivity index (χ0n) is 18.4. The van der Waals surface area contributed by atoms with Crippen LogP contribution in [0.5, 0.6) is 0 Å². The Hall–Kier alpha value is -3.88. The van der Waals surface area contributed by atoms with Gasteiger partial charge < -0.3 is 0 Å². The number of rotatable bonds is 6. The second-order valence-electron chi connectivity index (χ2n) is 8.55. The topological polar surface area (TPSA) is 101 Å². The Morgan fingerprint density at radius 3 is 2.73 bits per heavy atom. The van der Waals surface area contributed by atoms with Gasteiger partial charge >= 0.3 is 0 Å². The first kappa shape index (κ1) is 19.8. The van der Waals surface area contributed by atoms with Gasteiger partial charge in [0.15, 0.2) is 11.6 Å². The third-order valence-electron chi connectivity index (χ3n) is 6.28. The third-order valence-corrected chi connectivity index (χ3v) is 6.28. The van der Waals surface area contributed by atoms with Crippen LogP contribution < -0.4 is 0 Å². The summed E-state index contributed by atoms with van der Waals surface area (Å²) in [6.45, 7) is 1.97. The van der Waals surface area contributed by atoms with Crippen LogP contribution in [-0.2, 0) is 19.9 Å². The second kappa shape index (κ2) is 7.61. The Morgan fingerprint density at radius 2 is 1.97 bits per heavy atom. The lowest BCUT2D eigenvalue weighted by molar-refractivity contribution is 0.630. The average Bonchev–Trinajstić information content (AvgIpc) is 3.19. The fourth-order valence-corrected chi connectivity index (χ4v) is 4.37. The van der Waals surface area contributed by atoms with Crippen LogP contribution in [0.2, 0.25) is 0 Å². The number of nitrogens with one attached hydrogen (secondary N) is 2. The Bertz CT molecular complexity index is 1470. The summed E-state index contributed by atoms with van der Waals surface area (Å²) in [7, 11) is 1.88. The summed E-state index contributed by atoms with van der Waals surface area (Å²) >= 11 is 0. The first-order valence-electron chi connectivity index (χ1n) is 11.2. The maximum absolute atomic E-state index is 14.9. The van der Waals surface area contributed by atoms with Crippen LogP contribution in [0.25, 0.3) is 33.7 Å². The van der Waals surface area contributed by atoms with Crippen LogP contribution in [0.4, 0.5) is 4.39 Å². The van der Waals surface area contributed by atoms with Crippen molar-refractivity contribution in [2.75, 3.05) is 0 Å². The summed E-state index contributed by atoms with van der Waals surface area (Å²) < 4.78 is 16.7. The van der Waals surface area contributed by atoms with Gasteiger partial charge in [0.2, 0.25) is 0 Å². The number of aryl methyl sites for hydroxylation is 2. The minimum atomic E-state index is -0.399. The van der Waals surface area contributed by atoms with Crippen molar-refractivity contribution in [3.8, 4) is 22.8 Å². The molecular weight excluding hydrogens is 419 g/mol. The molecule has 1 saturated carbocycles. The van der Waals surface area contributed by atoms with Crippen molar-refractivity contribution in [3.05, 3.63) is 65.1 Å². The molecule has 0 atom stereocenters. The van der Waals surface area contributed by atoms with Crippen molar-refractivity contribution < 1.29 is 4.39 Å². The summed E-state index contributed by atoms with van der Waals surface area (Å²) in [4.78, 5) is 9.07. The Kier molecular flexibility index (Phi) is 4.56. The molecule has 0 bridgehead atoms. The molecule has 1 aliphatic carbocycles. The normalized spacial score (nSPS) is 13.8. The molecule has 0 radical (unpaired) electrons. The fraction of sp³-hybridized carbons (Fsp3) is 0.292. The number of aromatic amines is 2. The minimum Gasteiger partial charge on any atom is -0.278 e. The molecule has 9 heteroatoms. The Balaban J connectivity index is 1.32. The molecule has 0 amide bonds. The van der Waals surface area contributed by atoms with Gasteiger partial charge in [0.05, 0.1) is 17.3 Å². The molecule has 6 rings (SSSR count). The minimum absolute atomic E-state index is 0.354. The van der Waals surface area contributed by atoms with Crippen molar-refractivity contribution in [1.82, 2.24) is 40.1 Å². The monoisotopic (exact) mass is 442 g/mol. The van der Waals surface area contributed by atoms with E-state index in [-0.39, 0.29) is 0 Å². The number of benzene rings is 2. The summed E-state index contributed by atoms with van der Waals surface area (Å²) in [6, 6.07) is 9.16. The molecular formula is C24H23FN8. The highest BCUT2D eigenvalue weighted by atomic mass is 19.1. The number of nitrogens with zero attached hydrogens (tertiary/aromatic N) is 6. The highest BCUT2D eigenvalue weighted by molar-refractivity contribution is 5.84. The highest BCUT2D eigenvalue weighted by Gasteiger charge is 2.29. The predicted octanol–water partition coefficient (Wildman–Crippen LogP) is 4.31. The third kappa shape index (κ3) is 3.49. The lowest BCUT2D eigenvalue weighted by Gasteiger charge is -2.09. The lowest BCUT2D eigenvalue weighted by Crippen LogP contribution is -2.03. The zero-order chi connectivity index (χ0) is 22.5. The number of hydrogen-bond acceptors (Lipinski definition) is 5. The molecule has 2 N–H and O–H groups in total. The van der Waals surface area contributed by atoms with Crippen molar-refractivity contribution in [3.63, 3.8) is 0 Å². The number of halogens is 1. The molecule has 166 valence electrons. The van der Waals surface area contributed by atoms with Gasteiger partial charge in [-0.15, -0.1) is 0 Å². The van der Waals surface area contributed by atoms with Gasteiger partial charge in [0.1, 0.15) is 17.5 Å². The lowest BCUT2D eigenvalue weighted by atomic mass is 9.96. The molecule has 1 aliphatic rings. The molecule has 0 aliphatic heterocycles. The average molecular weight is 443 g/mol. The molecule has 1 fully saturated rings. The predicted molar refractivity (Wildman–Crippen MR) is 122 cm³/mol. The molecule has 0 unspecified atom stereocenters. The molecule has 3 heterocycles. The van der Waals surface area contributed by atoms with Crippen LogP contribution in [0.1, 0.15) is 48.5 Å². The van der Waals surface area contributed by atoms with Crippen LogP contribution >= 0.6 is 0 Å². The largest absolute Gasteiger partial charge is 0.278 e. The number of H-pyrrole nitrogens is 2. The van der Waals surface area contributed by atoms with E-state index in [1.165, 1.54) is 35.4 Å². The van der Waals surface area contributed by atoms with Gasteiger partial charge in [-0.25, -0.2) is 14.4 Å². The van der Waals surface area contributed by atoms with Crippen LogP contribution in [0, 0.1) is 5.82 Å². The maximum Gasteiger partial charge on any atom is 0.184 e. The van der Waals surface area contributed by atoms with Gasteiger partial charge in [0.25, 0.3) is 0 Å². The van der Waals surface area contributed by atoms with Crippen molar-refractivity contribution in [1.29, 1.82) is 0 Å². The van der Waals surface area contributed by atoms with Gasteiger partial charge in [-0.05, 0) is 48.1 Å². The van der Waals surface area contributed by atoms with Crippen molar-refractivity contribution >= 4 is 10.9 Å². The van der Waals surface area contributed by atoms with Crippen LogP contribution in [0.15, 0.2) is 36.5 Å². The summed E-state index contributed by atoms with van der Waals surface area (Å²) in [5.41, 5.74) is 4.64. The smallest absolute Gasteiger partial charge is 0.184 e. The Labute approximate surface area is 189 Å².